The van der Waals surface area contributed by atoms with Crippen LogP contribution in [0.5, 0.6) is 0 Å². The van der Waals surface area contributed by atoms with Crippen LogP contribution in [0.2, 0.25) is 0 Å². The number of alkyl halides is 3. The first kappa shape index (κ1) is 22.0. The lowest BCUT2D eigenvalue weighted by atomic mass is 10.0. The Morgan fingerprint density at radius 2 is 1.68 bits per heavy atom. The van der Waals surface area contributed by atoms with E-state index in [2.05, 4.69) is 22.6 Å². The van der Waals surface area contributed by atoms with E-state index in [0.717, 1.165) is 37.7 Å². The quantitative estimate of drug-likeness (QED) is 0.750. The highest BCUT2D eigenvalue weighted by atomic mass is 35.5. The molecule has 1 heterocycles. The number of hydrogen-bond donors (Lipinski definition) is 2. The summed E-state index contributed by atoms with van der Waals surface area (Å²) in [6.07, 6.45) is -2.54. The van der Waals surface area contributed by atoms with Gasteiger partial charge in [-0.2, -0.15) is 13.2 Å². The van der Waals surface area contributed by atoms with E-state index in [9.17, 15) is 18.0 Å². The highest BCUT2D eigenvalue weighted by Gasteiger charge is 2.34. The van der Waals surface area contributed by atoms with E-state index in [4.69, 9.17) is 0 Å². The number of likely N-dealkylation sites (tertiary alicyclic amines) is 1. The van der Waals surface area contributed by atoms with E-state index in [0.29, 0.717) is 11.7 Å². The van der Waals surface area contributed by atoms with Crippen LogP contribution in [0.25, 0.3) is 0 Å². The SMILES string of the molecule is CN1CCC(Nc2cccc(NC(=O)c3ccccc3C(F)(F)F)c2)CC1.Cl. The Morgan fingerprint density at radius 1 is 1.04 bits per heavy atom. The predicted molar refractivity (Wildman–Crippen MR) is 107 cm³/mol. The van der Waals surface area contributed by atoms with Gasteiger partial charge in [-0.05, 0) is 63.3 Å². The molecule has 8 heteroatoms. The minimum atomic E-state index is -4.58. The van der Waals surface area contributed by atoms with Gasteiger partial charge in [0.15, 0.2) is 0 Å². The molecule has 0 aliphatic carbocycles. The van der Waals surface area contributed by atoms with Crippen LogP contribution in [-0.4, -0.2) is 37.0 Å². The first-order valence-electron chi connectivity index (χ1n) is 8.85. The van der Waals surface area contributed by atoms with Gasteiger partial charge in [-0.3, -0.25) is 4.79 Å². The average Bonchev–Trinajstić information content (AvgIpc) is 2.63. The summed E-state index contributed by atoms with van der Waals surface area (Å²) >= 11 is 0. The minimum absolute atomic E-state index is 0. The maximum atomic E-state index is 13.1. The van der Waals surface area contributed by atoms with Crippen LogP contribution in [0.15, 0.2) is 48.5 Å². The number of rotatable bonds is 4. The third kappa shape index (κ3) is 5.62. The molecule has 0 radical (unpaired) electrons. The van der Waals surface area contributed by atoms with Crippen LogP contribution >= 0.6 is 12.4 Å². The molecule has 1 fully saturated rings. The van der Waals surface area contributed by atoms with Crippen molar-refractivity contribution in [3.8, 4) is 0 Å². The number of carbonyl (C=O) groups excluding carboxylic acids is 1. The number of benzene rings is 2. The number of halogens is 4. The highest BCUT2D eigenvalue weighted by Crippen LogP contribution is 2.32. The number of carbonyl (C=O) groups is 1. The second-order valence-electron chi connectivity index (χ2n) is 6.80. The lowest BCUT2D eigenvalue weighted by molar-refractivity contribution is -0.137. The van der Waals surface area contributed by atoms with Crippen molar-refractivity contribution in [2.24, 2.45) is 0 Å². The zero-order valence-corrected chi connectivity index (χ0v) is 16.2. The smallest absolute Gasteiger partial charge is 0.382 e. The molecule has 2 N–H and O–H groups in total. The van der Waals surface area contributed by atoms with Crippen molar-refractivity contribution in [3.05, 3.63) is 59.7 Å². The van der Waals surface area contributed by atoms with E-state index >= 15 is 0 Å². The van der Waals surface area contributed by atoms with Gasteiger partial charge in [0.05, 0.1) is 11.1 Å². The van der Waals surface area contributed by atoms with E-state index in [1.807, 2.05) is 6.07 Å². The van der Waals surface area contributed by atoms with Crippen LogP contribution in [-0.2, 0) is 6.18 Å². The van der Waals surface area contributed by atoms with Gasteiger partial charge in [0, 0.05) is 17.4 Å². The maximum Gasteiger partial charge on any atom is 0.417 e. The molecule has 28 heavy (non-hydrogen) atoms. The first-order chi connectivity index (χ1) is 12.8. The third-order valence-electron chi connectivity index (χ3n) is 4.69. The molecule has 3 rings (SSSR count). The van der Waals surface area contributed by atoms with Crippen molar-refractivity contribution in [3.63, 3.8) is 0 Å². The largest absolute Gasteiger partial charge is 0.417 e. The second kappa shape index (κ2) is 9.30. The summed E-state index contributed by atoms with van der Waals surface area (Å²) in [7, 11) is 2.09. The minimum Gasteiger partial charge on any atom is -0.382 e. The predicted octanol–water partition coefficient (Wildman–Crippen LogP) is 4.89. The van der Waals surface area contributed by atoms with Crippen molar-refractivity contribution in [1.82, 2.24) is 4.90 Å². The summed E-state index contributed by atoms with van der Waals surface area (Å²) in [5, 5.41) is 6.00. The van der Waals surface area contributed by atoms with Crippen molar-refractivity contribution in [2.75, 3.05) is 30.8 Å². The molecular formula is C20H23ClF3N3O. The van der Waals surface area contributed by atoms with Gasteiger partial charge in [-0.15, -0.1) is 12.4 Å². The Morgan fingerprint density at radius 3 is 2.36 bits per heavy atom. The molecule has 152 valence electrons. The van der Waals surface area contributed by atoms with Gasteiger partial charge in [-0.25, -0.2) is 0 Å². The molecular weight excluding hydrogens is 391 g/mol. The normalized spacial score (nSPS) is 15.6. The van der Waals surface area contributed by atoms with E-state index in [1.54, 1.807) is 18.2 Å². The number of amides is 1. The molecule has 1 aliphatic rings. The molecule has 0 atom stereocenters. The molecule has 4 nitrogen and oxygen atoms in total. The fraction of sp³-hybridized carbons (Fsp3) is 0.350. The molecule has 2 aromatic rings. The summed E-state index contributed by atoms with van der Waals surface area (Å²) in [4.78, 5) is 14.7. The van der Waals surface area contributed by atoms with Crippen molar-refractivity contribution >= 4 is 29.7 Å². The highest BCUT2D eigenvalue weighted by molar-refractivity contribution is 6.05. The Hall–Kier alpha value is -2.25. The number of nitrogens with one attached hydrogen (secondary N) is 2. The molecule has 0 spiro atoms. The van der Waals surface area contributed by atoms with Crippen LogP contribution < -0.4 is 10.6 Å². The van der Waals surface area contributed by atoms with Crippen molar-refractivity contribution in [2.45, 2.75) is 25.1 Å². The van der Waals surface area contributed by atoms with Gasteiger partial charge in [0.2, 0.25) is 0 Å². The molecule has 1 aliphatic heterocycles. The fourth-order valence-corrected chi connectivity index (χ4v) is 3.20. The van der Waals surface area contributed by atoms with Crippen molar-refractivity contribution in [1.29, 1.82) is 0 Å². The van der Waals surface area contributed by atoms with Crippen LogP contribution in [0, 0.1) is 0 Å². The lowest BCUT2D eigenvalue weighted by Gasteiger charge is -2.30. The Labute approximate surface area is 168 Å². The summed E-state index contributed by atoms with van der Waals surface area (Å²) in [6, 6.07) is 12.2. The lowest BCUT2D eigenvalue weighted by Crippen LogP contribution is -2.36. The Balaban J connectivity index is 0.00000280. The maximum absolute atomic E-state index is 13.1. The standard InChI is InChI=1S/C20H22F3N3O.ClH/c1-26-11-9-14(10-12-26)24-15-5-4-6-16(13-15)25-19(27)17-7-2-3-8-18(17)20(21,22)23;/h2-8,13-14,24H,9-12H2,1H3,(H,25,27);1H. The van der Waals surface area contributed by atoms with Gasteiger partial charge in [-0.1, -0.05) is 18.2 Å². The van der Waals surface area contributed by atoms with E-state index < -0.39 is 23.2 Å². The summed E-state index contributed by atoms with van der Waals surface area (Å²) in [6.45, 7) is 2.03. The number of piperidine rings is 1. The third-order valence-corrected chi connectivity index (χ3v) is 4.69. The van der Waals surface area contributed by atoms with Crippen LogP contribution in [0.1, 0.15) is 28.8 Å². The zero-order valence-electron chi connectivity index (χ0n) is 15.4. The molecule has 0 unspecified atom stereocenters. The van der Waals surface area contributed by atoms with Gasteiger partial charge in [0.25, 0.3) is 5.91 Å². The molecule has 1 saturated heterocycles. The topological polar surface area (TPSA) is 44.4 Å². The first-order valence-corrected chi connectivity index (χ1v) is 8.85. The fourth-order valence-electron chi connectivity index (χ4n) is 3.20. The zero-order chi connectivity index (χ0) is 19.4. The number of anilines is 2. The summed E-state index contributed by atoms with van der Waals surface area (Å²) in [5.74, 6) is -0.778. The number of hydrogen-bond acceptors (Lipinski definition) is 3. The summed E-state index contributed by atoms with van der Waals surface area (Å²) in [5.41, 5.74) is -0.0388. The van der Waals surface area contributed by atoms with Gasteiger partial charge >= 0.3 is 6.18 Å². The molecule has 2 aromatic carbocycles. The molecule has 0 bridgehead atoms. The van der Waals surface area contributed by atoms with Crippen LogP contribution in [0.3, 0.4) is 0 Å². The molecule has 0 aromatic heterocycles. The monoisotopic (exact) mass is 413 g/mol. The molecule has 1 amide bonds. The van der Waals surface area contributed by atoms with E-state index in [1.165, 1.54) is 18.2 Å². The van der Waals surface area contributed by atoms with Gasteiger partial charge in [0.1, 0.15) is 0 Å². The second-order valence-corrected chi connectivity index (χ2v) is 6.80. The van der Waals surface area contributed by atoms with Crippen LogP contribution in [0.4, 0.5) is 24.5 Å². The summed E-state index contributed by atoms with van der Waals surface area (Å²) < 4.78 is 39.3. The van der Waals surface area contributed by atoms with E-state index in [-0.39, 0.29) is 12.4 Å². The van der Waals surface area contributed by atoms with Crippen molar-refractivity contribution < 1.29 is 18.0 Å². The molecule has 0 saturated carbocycles. The average molecular weight is 414 g/mol. The number of nitrogens with zero attached hydrogens (tertiary/aromatic N) is 1. The Bertz CT molecular complexity index is 805. The van der Waals surface area contributed by atoms with Gasteiger partial charge < -0.3 is 15.5 Å². The Kier molecular flexibility index (Phi) is 7.32.